The molecule has 0 aromatic carbocycles. The molecule has 6 nitrogen and oxygen atoms in total. The number of anilines is 1. The first-order valence-electron chi connectivity index (χ1n) is 5.25. The normalized spacial score (nSPS) is 10.2. The van der Waals surface area contributed by atoms with Crippen LogP contribution in [-0.4, -0.2) is 44.8 Å². The molecule has 7 heteroatoms. The smallest absolute Gasteiger partial charge is 0.233 e. The maximum absolute atomic E-state index is 11.9. The molecule has 0 bridgehead atoms. The third-order valence-electron chi connectivity index (χ3n) is 2.00. The fourth-order valence-electron chi connectivity index (χ4n) is 1.24. The molecule has 0 radical (unpaired) electrons. The molecule has 0 unspecified atom stereocenters. The summed E-state index contributed by atoms with van der Waals surface area (Å²) in [7, 11) is 0. The van der Waals surface area contributed by atoms with Crippen molar-refractivity contribution >= 4 is 23.6 Å². The number of thioether (sulfide) groups is 1. The van der Waals surface area contributed by atoms with Gasteiger partial charge >= 0.3 is 0 Å². The fraction of sp³-hybridized carbons (Fsp3) is 0.500. The van der Waals surface area contributed by atoms with Gasteiger partial charge in [0.05, 0.1) is 5.75 Å². The van der Waals surface area contributed by atoms with E-state index in [1.807, 2.05) is 13.8 Å². The van der Waals surface area contributed by atoms with Gasteiger partial charge in [0.25, 0.3) is 0 Å². The summed E-state index contributed by atoms with van der Waals surface area (Å²) in [6, 6.07) is 0. The van der Waals surface area contributed by atoms with Crippen LogP contribution < -0.4 is 5.73 Å². The van der Waals surface area contributed by atoms with Crippen molar-refractivity contribution in [1.82, 2.24) is 20.1 Å². The first-order valence-corrected chi connectivity index (χ1v) is 6.24. The highest BCUT2D eigenvalue weighted by atomic mass is 32.2. The van der Waals surface area contributed by atoms with Crippen LogP contribution in [0.5, 0.6) is 0 Å². The van der Waals surface area contributed by atoms with E-state index >= 15 is 0 Å². The summed E-state index contributed by atoms with van der Waals surface area (Å²) >= 11 is 1.27. The SMILES string of the molecule is C=C(C)CN(CC)C(=O)CSc1n[nH]c(N)n1. The van der Waals surface area contributed by atoms with Gasteiger partial charge in [0, 0.05) is 13.1 Å². The van der Waals surface area contributed by atoms with Gasteiger partial charge in [-0.25, -0.2) is 5.10 Å². The minimum Gasteiger partial charge on any atom is -0.368 e. The molecule has 17 heavy (non-hydrogen) atoms. The molecular weight excluding hydrogens is 238 g/mol. The lowest BCUT2D eigenvalue weighted by Crippen LogP contribution is -2.33. The van der Waals surface area contributed by atoms with Gasteiger partial charge in [-0.2, -0.15) is 4.98 Å². The number of aromatic amines is 1. The van der Waals surface area contributed by atoms with Crippen molar-refractivity contribution < 1.29 is 4.79 Å². The van der Waals surface area contributed by atoms with Crippen molar-refractivity contribution in [2.75, 3.05) is 24.6 Å². The Morgan fingerprint density at radius 1 is 1.65 bits per heavy atom. The molecule has 1 rings (SSSR count). The van der Waals surface area contributed by atoms with Crippen molar-refractivity contribution in [3.63, 3.8) is 0 Å². The number of carbonyl (C=O) groups excluding carboxylic acids is 1. The number of H-pyrrole nitrogens is 1. The number of aromatic nitrogens is 3. The number of nitrogens with one attached hydrogen (secondary N) is 1. The highest BCUT2D eigenvalue weighted by molar-refractivity contribution is 7.99. The van der Waals surface area contributed by atoms with Gasteiger partial charge in [0.1, 0.15) is 0 Å². The molecule has 0 aliphatic heterocycles. The van der Waals surface area contributed by atoms with E-state index in [1.165, 1.54) is 11.8 Å². The third kappa shape index (κ3) is 4.48. The molecule has 0 saturated heterocycles. The first kappa shape index (κ1) is 13.6. The maximum atomic E-state index is 11.9. The molecule has 1 heterocycles. The summed E-state index contributed by atoms with van der Waals surface area (Å²) in [6.45, 7) is 8.90. The van der Waals surface area contributed by atoms with Gasteiger partial charge in [-0.1, -0.05) is 23.9 Å². The molecule has 0 saturated carbocycles. The number of carbonyl (C=O) groups is 1. The van der Waals surface area contributed by atoms with E-state index in [0.29, 0.717) is 24.0 Å². The van der Waals surface area contributed by atoms with Crippen LogP contribution >= 0.6 is 11.8 Å². The lowest BCUT2D eigenvalue weighted by Gasteiger charge is -2.20. The number of nitrogens with two attached hydrogens (primary N) is 1. The van der Waals surface area contributed by atoms with E-state index in [4.69, 9.17) is 5.73 Å². The molecule has 3 N–H and O–H groups in total. The van der Waals surface area contributed by atoms with Crippen LogP contribution in [0.3, 0.4) is 0 Å². The topological polar surface area (TPSA) is 87.9 Å². The average Bonchev–Trinajstić information content (AvgIpc) is 2.68. The van der Waals surface area contributed by atoms with Gasteiger partial charge in [-0.15, -0.1) is 5.10 Å². The highest BCUT2D eigenvalue weighted by Gasteiger charge is 2.13. The van der Waals surface area contributed by atoms with Crippen molar-refractivity contribution in [2.45, 2.75) is 19.0 Å². The van der Waals surface area contributed by atoms with Crippen molar-refractivity contribution in [2.24, 2.45) is 0 Å². The molecule has 0 fully saturated rings. The molecule has 1 aromatic heterocycles. The summed E-state index contributed by atoms with van der Waals surface area (Å²) in [5, 5.41) is 6.86. The lowest BCUT2D eigenvalue weighted by molar-refractivity contribution is -0.127. The van der Waals surface area contributed by atoms with Gasteiger partial charge in [-0.05, 0) is 13.8 Å². The predicted octanol–water partition coefficient (Wildman–Crippen LogP) is 0.904. The Labute approximate surface area is 105 Å². The van der Waals surface area contributed by atoms with Gasteiger partial charge in [0.15, 0.2) is 0 Å². The zero-order valence-corrected chi connectivity index (χ0v) is 10.9. The fourth-order valence-corrected chi connectivity index (χ4v) is 1.95. The molecule has 1 amide bonds. The number of amides is 1. The second-order valence-corrected chi connectivity index (χ2v) is 4.60. The quantitative estimate of drug-likeness (QED) is 0.582. The number of nitrogen functional groups attached to an aromatic ring is 1. The number of nitrogens with zero attached hydrogens (tertiary/aromatic N) is 3. The summed E-state index contributed by atoms with van der Waals surface area (Å²) in [5.74, 6) is 0.608. The standard InChI is InChI=1S/C10H17N5OS/c1-4-15(5-7(2)3)8(16)6-17-10-12-9(11)13-14-10/h2,4-6H2,1,3H3,(H3,11,12,13,14). The third-order valence-corrected chi connectivity index (χ3v) is 2.83. The van der Waals surface area contributed by atoms with Crippen LogP contribution in [0.1, 0.15) is 13.8 Å². The van der Waals surface area contributed by atoms with E-state index < -0.39 is 0 Å². The molecule has 0 aliphatic carbocycles. The van der Waals surface area contributed by atoms with Gasteiger partial charge in [0.2, 0.25) is 17.0 Å². The second-order valence-electron chi connectivity index (χ2n) is 3.66. The number of rotatable bonds is 6. The van der Waals surface area contributed by atoms with Crippen LogP contribution in [0.2, 0.25) is 0 Å². The second kappa shape index (κ2) is 6.29. The van der Waals surface area contributed by atoms with Gasteiger partial charge in [-0.3, -0.25) is 4.79 Å². The Balaban J connectivity index is 2.44. The van der Waals surface area contributed by atoms with Crippen LogP contribution in [-0.2, 0) is 4.79 Å². The molecule has 0 aliphatic rings. The summed E-state index contributed by atoms with van der Waals surface area (Å²) in [4.78, 5) is 17.5. The number of likely N-dealkylation sites (N-methyl/N-ethyl adjacent to an activating group) is 1. The monoisotopic (exact) mass is 255 g/mol. The zero-order valence-electron chi connectivity index (χ0n) is 10.1. The first-order chi connectivity index (χ1) is 8.02. The average molecular weight is 255 g/mol. The Kier molecular flexibility index (Phi) is 5.02. The largest absolute Gasteiger partial charge is 0.368 e. The Morgan fingerprint density at radius 3 is 2.82 bits per heavy atom. The maximum Gasteiger partial charge on any atom is 0.233 e. The summed E-state index contributed by atoms with van der Waals surface area (Å²) in [5.41, 5.74) is 6.35. The molecule has 0 spiro atoms. The summed E-state index contributed by atoms with van der Waals surface area (Å²) < 4.78 is 0. The molecule has 94 valence electrons. The van der Waals surface area contributed by atoms with Gasteiger partial charge < -0.3 is 10.6 Å². The summed E-state index contributed by atoms with van der Waals surface area (Å²) in [6.07, 6.45) is 0. The van der Waals surface area contributed by atoms with Crippen LogP contribution in [0.15, 0.2) is 17.3 Å². The van der Waals surface area contributed by atoms with E-state index in [2.05, 4.69) is 21.8 Å². The van der Waals surface area contributed by atoms with Crippen molar-refractivity contribution in [3.05, 3.63) is 12.2 Å². The van der Waals surface area contributed by atoms with Crippen molar-refractivity contribution in [1.29, 1.82) is 0 Å². The van der Waals surface area contributed by atoms with Crippen LogP contribution in [0.25, 0.3) is 0 Å². The van der Waals surface area contributed by atoms with E-state index in [1.54, 1.807) is 4.90 Å². The molecule has 1 aromatic rings. The lowest BCUT2D eigenvalue weighted by atomic mass is 10.3. The number of hydrogen-bond acceptors (Lipinski definition) is 5. The van der Waals surface area contributed by atoms with Crippen LogP contribution in [0.4, 0.5) is 5.95 Å². The Morgan fingerprint density at radius 2 is 2.35 bits per heavy atom. The molecule has 0 atom stereocenters. The van der Waals surface area contributed by atoms with E-state index in [0.717, 1.165) is 5.57 Å². The minimum atomic E-state index is 0.0453. The predicted molar refractivity (Wildman–Crippen MR) is 68.6 cm³/mol. The van der Waals surface area contributed by atoms with Crippen molar-refractivity contribution in [3.8, 4) is 0 Å². The van der Waals surface area contributed by atoms with E-state index in [9.17, 15) is 4.79 Å². The molecular formula is C10H17N5OS. The highest BCUT2D eigenvalue weighted by Crippen LogP contribution is 2.13. The zero-order chi connectivity index (χ0) is 12.8. The Bertz CT molecular complexity index is 403. The number of hydrogen-bond donors (Lipinski definition) is 2. The van der Waals surface area contributed by atoms with Crippen LogP contribution in [0, 0.1) is 0 Å². The minimum absolute atomic E-state index is 0.0453. The Hall–Kier alpha value is -1.50. The van der Waals surface area contributed by atoms with E-state index in [-0.39, 0.29) is 11.9 Å².